The number of quaternary nitrogens is 1. The monoisotopic (exact) mass is 364 g/mol. The molecule has 0 heterocycles. The lowest BCUT2D eigenvalue weighted by Crippen LogP contribution is -2.53. The molecule has 1 amide bonds. The van der Waals surface area contributed by atoms with Gasteiger partial charge < -0.3 is 9.05 Å². The molecule has 6 heteroatoms. The molecular weight excluding hydrogens is 325 g/mol. The highest BCUT2D eigenvalue weighted by Gasteiger charge is 2.33. The molecule has 144 valence electrons. The molecule has 0 N–H and O–H groups in total. The summed E-state index contributed by atoms with van der Waals surface area (Å²) >= 11 is 0. The molecule has 0 fully saturated rings. The van der Waals surface area contributed by atoms with Crippen LogP contribution >= 0.6 is 7.60 Å². The Bertz CT molecular complexity index is 373. The van der Waals surface area contributed by atoms with Gasteiger partial charge in [-0.05, 0) is 47.0 Å². The first kappa shape index (κ1) is 23.8. The molecule has 0 spiro atoms. The minimum absolute atomic E-state index is 0.260. The quantitative estimate of drug-likeness (QED) is 0.233. The summed E-state index contributed by atoms with van der Waals surface area (Å²) in [7, 11) is -3.03. The van der Waals surface area contributed by atoms with E-state index >= 15 is 0 Å². The molecule has 0 rings (SSSR count). The highest BCUT2D eigenvalue weighted by molar-refractivity contribution is 7.53. The van der Waals surface area contributed by atoms with Crippen LogP contribution in [0.4, 0.5) is 0 Å². The normalized spacial score (nSPS) is 12.5. The Morgan fingerprint density at radius 3 is 1.92 bits per heavy atom. The van der Waals surface area contributed by atoms with Crippen LogP contribution in [0, 0.1) is 0 Å². The third-order valence-corrected chi connectivity index (χ3v) is 6.82. The second kappa shape index (κ2) is 13.0. The predicted octanol–water partition coefficient (Wildman–Crippen LogP) is 5.00. The van der Waals surface area contributed by atoms with Crippen molar-refractivity contribution in [3.63, 3.8) is 0 Å². The maximum atomic E-state index is 12.8. The smallest absolute Gasteiger partial charge is 0.309 e. The zero-order chi connectivity index (χ0) is 18.5. The number of carbonyl (C=O) groups excluding carboxylic acids is 1. The van der Waals surface area contributed by atoms with Gasteiger partial charge >= 0.3 is 13.5 Å². The van der Waals surface area contributed by atoms with Gasteiger partial charge in [-0.25, -0.2) is 4.79 Å². The number of rotatable bonds is 15. The van der Waals surface area contributed by atoms with E-state index in [1.54, 1.807) is 0 Å². The third kappa shape index (κ3) is 8.24. The van der Waals surface area contributed by atoms with Gasteiger partial charge in [-0.15, -0.1) is 0 Å². The van der Waals surface area contributed by atoms with Crippen LogP contribution in [0.2, 0.25) is 0 Å². The van der Waals surface area contributed by atoms with E-state index in [9.17, 15) is 9.36 Å². The van der Waals surface area contributed by atoms with E-state index in [4.69, 9.17) is 9.05 Å². The van der Waals surface area contributed by atoms with E-state index in [0.717, 1.165) is 26.1 Å². The third-order valence-electron chi connectivity index (χ3n) is 4.65. The summed E-state index contributed by atoms with van der Waals surface area (Å²) in [6, 6.07) is 0. The van der Waals surface area contributed by atoms with Gasteiger partial charge in [-0.3, -0.25) is 9.05 Å². The van der Waals surface area contributed by atoms with Gasteiger partial charge in [0.15, 0.2) is 0 Å². The van der Waals surface area contributed by atoms with E-state index in [1.165, 1.54) is 19.3 Å². The van der Waals surface area contributed by atoms with Crippen molar-refractivity contribution >= 4 is 13.5 Å². The summed E-state index contributed by atoms with van der Waals surface area (Å²) < 4.78 is 23.6. The first-order valence-electron chi connectivity index (χ1n) is 9.71. The van der Waals surface area contributed by atoms with Gasteiger partial charge in [0, 0.05) is 0 Å². The van der Waals surface area contributed by atoms with Gasteiger partial charge in [0.1, 0.15) is 0 Å². The SMILES string of the molecule is CCCCCC[N+](CC)(CC)C(=O)CCCP(=O)(OCC)OCC. The highest BCUT2D eigenvalue weighted by atomic mass is 31.2. The summed E-state index contributed by atoms with van der Waals surface area (Å²) in [5, 5.41) is 0. The summed E-state index contributed by atoms with van der Waals surface area (Å²) in [4.78, 5) is 12.8. The number of amides is 1. The van der Waals surface area contributed by atoms with Crippen LogP contribution in [0.15, 0.2) is 0 Å². The topological polar surface area (TPSA) is 52.6 Å². The number of hydrogen-bond donors (Lipinski definition) is 0. The second-order valence-electron chi connectivity index (χ2n) is 6.23. The first-order valence-corrected chi connectivity index (χ1v) is 11.4. The van der Waals surface area contributed by atoms with Crippen LogP contribution in [0.25, 0.3) is 0 Å². The van der Waals surface area contributed by atoms with Crippen molar-refractivity contribution in [1.82, 2.24) is 0 Å². The maximum Gasteiger partial charge on any atom is 0.330 e. The first-order chi connectivity index (χ1) is 11.4. The zero-order valence-corrected chi connectivity index (χ0v) is 17.4. The van der Waals surface area contributed by atoms with Crippen molar-refractivity contribution in [3.8, 4) is 0 Å². The lowest BCUT2D eigenvalue weighted by Gasteiger charge is -2.34. The maximum absolute atomic E-state index is 12.8. The summed E-state index contributed by atoms with van der Waals surface area (Å²) in [5.41, 5.74) is 0. The molecule has 5 nitrogen and oxygen atoms in total. The van der Waals surface area contributed by atoms with Crippen LogP contribution in [-0.2, 0) is 18.4 Å². The van der Waals surface area contributed by atoms with Gasteiger partial charge in [0.25, 0.3) is 0 Å². The molecule has 0 aliphatic heterocycles. The Balaban J connectivity index is 4.58. The van der Waals surface area contributed by atoms with Gasteiger partial charge in [-0.2, -0.15) is 0 Å². The van der Waals surface area contributed by atoms with E-state index in [2.05, 4.69) is 20.8 Å². The molecule has 24 heavy (non-hydrogen) atoms. The summed E-state index contributed by atoms with van der Waals surface area (Å²) in [6.45, 7) is 13.3. The fraction of sp³-hybridized carbons (Fsp3) is 0.944. The number of carbonyl (C=O) groups is 1. The largest absolute Gasteiger partial charge is 0.330 e. The van der Waals surface area contributed by atoms with Crippen molar-refractivity contribution in [2.24, 2.45) is 0 Å². The molecule has 0 atom stereocenters. The van der Waals surface area contributed by atoms with Gasteiger partial charge in [0.2, 0.25) is 0 Å². The van der Waals surface area contributed by atoms with Crippen molar-refractivity contribution < 1.29 is 22.9 Å². The van der Waals surface area contributed by atoms with Gasteiger partial charge in [0.05, 0.1) is 45.4 Å². The minimum atomic E-state index is -3.03. The zero-order valence-electron chi connectivity index (χ0n) is 16.5. The van der Waals surface area contributed by atoms with Crippen molar-refractivity contribution in [1.29, 1.82) is 0 Å². The second-order valence-corrected chi connectivity index (χ2v) is 8.41. The molecule has 0 aromatic carbocycles. The average molecular weight is 364 g/mol. The molecule has 0 aromatic rings. The molecule has 0 aliphatic rings. The highest BCUT2D eigenvalue weighted by Crippen LogP contribution is 2.48. The number of unbranched alkanes of at least 4 members (excludes halogenated alkanes) is 3. The number of nitrogens with zero attached hydrogens (tertiary/aromatic N) is 1. The van der Waals surface area contributed by atoms with E-state index in [1.807, 2.05) is 13.8 Å². The lowest BCUT2D eigenvalue weighted by molar-refractivity contribution is -0.851. The van der Waals surface area contributed by atoms with Crippen molar-refractivity contribution in [2.75, 3.05) is 39.0 Å². The molecule has 0 bridgehead atoms. The van der Waals surface area contributed by atoms with E-state index < -0.39 is 7.60 Å². The van der Waals surface area contributed by atoms with E-state index in [-0.39, 0.29) is 5.91 Å². The average Bonchev–Trinajstić information content (AvgIpc) is 2.56. The Kier molecular flexibility index (Phi) is 12.9. The summed E-state index contributed by atoms with van der Waals surface area (Å²) in [5.74, 6) is 0.260. The van der Waals surface area contributed by atoms with Gasteiger partial charge in [-0.1, -0.05) is 19.8 Å². The van der Waals surface area contributed by atoms with E-state index in [0.29, 0.717) is 36.7 Å². The molecule has 0 saturated heterocycles. The standard InChI is InChI=1S/C18H39NO4P/c1-6-11-12-13-16-19(7-2,8-3)18(20)15-14-17-24(21,22-9-4)23-10-5/h6-17H2,1-5H3/q+1. The van der Waals surface area contributed by atoms with Crippen LogP contribution in [-0.4, -0.2) is 49.4 Å². The molecule has 0 saturated carbocycles. The molecule has 0 unspecified atom stereocenters. The van der Waals surface area contributed by atoms with Crippen LogP contribution < -0.4 is 0 Å². The molecular formula is C18H39NO4P+. The van der Waals surface area contributed by atoms with Crippen LogP contribution in [0.5, 0.6) is 0 Å². The predicted molar refractivity (Wildman–Crippen MR) is 100 cm³/mol. The molecule has 0 aliphatic carbocycles. The fourth-order valence-electron chi connectivity index (χ4n) is 3.08. The Labute approximate surface area is 149 Å². The Morgan fingerprint density at radius 1 is 0.875 bits per heavy atom. The fourth-order valence-corrected chi connectivity index (χ4v) is 4.74. The minimum Gasteiger partial charge on any atom is -0.309 e. The Morgan fingerprint density at radius 2 is 1.46 bits per heavy atom. The van der Waals surface area contributed by atoms with Crippen molar-refractivity contribution in [2.45, 2.75) is 73.1 Å². The Hall–Kier alpha value is -0.220. The molecule has 0 radical (unpaired) electrons. The molecule has 0 aromatic heterocycles. The summed E-state index contributed by atoms with van der Waals surface area (Å²) in [6.07, 6.45) is 6.05. The van der Waals surface area contributed by atoms with Crippen molar-refractivity contribution in [3.05, 3.63) is 0 Å². The van der Waals surface area contributed by atoms with Crippen LogP contribution in [0.1, 0.15) is 73.1 Å². The number of hydrogen-bond acceptors (Lipinski definition) is 4. The lowest BCUT2D eigenvalue weighted by atomic mass is 10.1. The van der Waals surface area contributed by atoms with Crippen LogP contribution in [0.3, 0.4) is 0 Å².